The van der Waals surface area contributed by atoms with Gasteiger partial charge < -0.3 is 4.74 Å². The lowest BCUT2D eigenvalue weighted by atomic mass is 10.3. The van der Waals surface area contributed by atoms with E-state index in [9.17, 15) is 0 Å². The minimum Gasteiger partial charge on any atom is -0.360 e. The highest BCUT2D eigenvalue weighted by atomic mass is 28.3. The zero-order valence-corrected chi connectivity index (χ0v) is 12.8. The van der Waals surface area contributed by atoms with Crippen LogP contribution < -0.4 is 0 Å². The Morgan fingerprint density at radius 1 is 1.16 bits per heavy atom. The molecule has 0 spiro atoms. The fourth-order valence-corrected chi connectivity index (χ4v) is 2.45. The van der Waals surface area contributed by atoms with Gasteiger partial charge in [-0.05, 0) is 24.2 Å². The fraction of sp³-hybridized carbons (Fsp3) is 0.429. The molecule has 2 rings (SSSR count). The molecule has 0 aromatic carbocycles. The van der Waals surface area contributed by atoms with Crippen molar-refractivity contribution in [2.24, 2.45) is 0 Å². The van der Waals surface area contributed by atoms with Crippen LogP contribution in [-0.4, -0.2) is 29.4 Å². The van der Waals surface area contributed by atoms with Crippen molar-refractivity contribution in [2.45, 2.75) is 32.4 Å². The molecule has 5 heteroatoms. The number of nitrogens with zero attached hydrogens (tertiary/aromatic N) is 3. The maximum Gasteiger partial charge on any atom is 0.140 e. The van der Waals surface area contributed by atoms with Gasteiger partial charge in [-0.1, -0.05) is 25.7 Å². The first-order chi connectivity index (χ1) is 9.06. The molecule has 0 fully saturated rings. The standard InChI is InChI=1S/C14H21N3OSi/c1-19(2,3)11-10-18-12-17-14(7-9-16-17)13-6-4-5-8-15-13/h4-9H,10-12H2,1-3H3. The number of aromatic nitrogens is 3. The van der Waals surface area contributed by atoms with E-state index >= 15 is 0 Å². The molecule has 2 heterocycles. The molecule has 0 radical (unpaired) electrons. The first-order valence-electron chi connectivity index (χ1n) is 6.57. The smallest absolute Gasteiger partial charge is 0.140 e. The molecule has 0 atom stereocenters. The average molecular weight is 275 g/mol. The first-order valence-corrected chi connectivity index (χ1v) is 10.3. The summed E-state index contributed by atoms with van der Waals surface area (Å²) < 4.78 is 7.58. The van der Waals surface area contributed by atoms with Crippen molar-refractivity contribution in [2.75, 3.05) is 6.61 Å². The van der Waals surface area contributed by atoms with Gasteiger partial charge in [0.1, 0.15) is 6.73 Å². The van der Waals surface area contributed by atoms with Crippen LogP contribution in [0.3, 0.4) is 0 Å². The molecule has 0 saturated heterocycles. The zero-order chi connectivity index (χ0) is 13.7. The Morgan fingerprint density at radius 2 is 2.00 bits per heavy atom. The molecule has 19 heavy (non-hydrogen) atoms. The van der Waals surface area contributed by atoms with Crippen LogP contribution in [0, 0.1) is 0 Å². The number of hydrogen-bond donors (Lipinski definition) is 0. The second-order valence-electron chi connectivity index (χ2n) is 5.78. The minimum absolute atomic E-state index is 0.489. The zero-order valence-electron chi connectivity index (χ0n) is 11.8. The maximum atomic E-state index is 5.72. The van der Waals surface area contributed by atoms with E-state index in [0.29, 0.717) is 6.73 Å². The van der Waals surface area contributed by atoms with E-state index in [-0.39, 0.29) is 0 Å². The Balaban J connectivity index is 1.94. The van der Waals surface area contributed by atoms with Gasteiger partial charge in [0.2, 0.25) is 0 Å². The summed E-state index contributed by atoms with van der Waals surface area (Å²) in [7, 11) is -1.02. The van der Waals surface area contributed by atoms with E-state index in [4.69, 9.17) is 4.74 Å². The molecule has 0 saturated carbocycles. The lowest BCUT2D eigenvalue weighted by Gasteiger charge is -2.15. The van der Waals surface area contributed by atoms with Crippen LogP contribution in [0.25, 0.3) is 11.4 Å². The van der Waals surface area contributed by atoms with Crippen molar-refractivity contribution in [1.82, 2.24) is 14.8 Å². The Labute approximate surface area is 115 Å². The molecule has 0 unspecified atom stereocenters. The molecular formula is C14H21N3OSi. The predicted molar refractivity (Wildman–Crippen MR) is 79.6 cm³/mol. The molecule has 4 nitrogen and oxygen atoms in total. The van der Waals surface area contributed by atoms with Gasteiger partial charge in [-0.15, -0.1) is 0 Å². The van der Waals surface area contributed by atoms with Crippen molar-refractivity contribution >= 4 is 8.07 Å². The predicted octanol–water partition coefficient (Wildman–Crippen LogP) is 3.26. The summed E-state index contributed by atoms with van der Waals surface area (Å²) in [5.41, 5.74) is 1.92. The molecular weight excluding hydrogens is 254 g/mol. The number of ether oxygens (including phenoxy) is 1. The summed E-state index contributed by atoms with van der Waals surface area (Å²) in [6, 6.07) is 9.01. The van der Waals surface area contributed by atoms with E-state index in [1.165, 1.54) is 6.04 Å². The summed E-state index contributed by atoms with van der Waals surface area (Å²) in [5, 5.41) is 4.29. The van der Waals surface area contributed by atoms with Crippen LogP contribution in [0.15, 0.2) is 36.7 Å². The first kappa shape index (κ1) is 14.0. The monoisotopic (exact) mass is 275 g/mol. The maximum absolute atomic E-state index is 5.72. The Kier molecular flexibility index (Phi) is 4.50. The SMILES string of the molecule is C[Si](C)(C)CCOCn1nccc1-c1ccccn1. The highest BCUT2D eigenvalue weighted by Crippen LogP contribution is 2.15. The van der Waals surface area contributed by atoms with E-state index in [1.54, 1.807) is 12.4 Å². The Bertz CT molecular complexity index is 505. The largest absolute Gasteiger partial charge is 0.360 e. The van der Waals surface area contributed by atoms with Gasteiger partial charge in [-0.2, -0.15) is 5.10 Å². The third-order valence-electron chi connectivity index (χ3n) is 2.85. The third-order valence-corrected chi connectivity index (χ3v) is 4.56. The van der Waals surface area contributed by atoms with Gasteiger partial charge in [0.25, 0.3) is 0 Å². The summed E-state index contributed by atoms with van der Waals surface area (Å²) in [6.45, 7) is 8.34. The quantitative estimate of drug-likeness (QED) is 0.600. The molecule has 2 aromatic rings. The van der Waals surface area contributed by atoms with Gasteiger partial charge in [0, 0.05) is 27.1 Å². The van der Waals surface area contributed by atoms with Crippen LogP contribution in [0.1, 0.15) is 0 Å². The van der Waals surface area contributed by atoms with Crippen molar-refractivity contribution in [3.05, 3.63) is 36.7 Å². The van der Waals surface area contributed by atoms with Gasteiger partial charge in [-0.25, -0.2) is 4.68 Å². The van der Waals surface area contributed by atoms with Gasteiger partial charge in [0.05, 0.1) is 11.4 Å². The van der Waals surface area contributed by atoms with Gasteiger partial charge >= 0.3 is 0 Å². The average Bonchev–Trinajstić information content (AvgIpc) is 2.83. The summed E-state index contributed by atoms with van der Waals surface area (Å²) in [6.07, 6.45) is 3.57. The molecule has 0 N–H and O–H groups in total. The van der Waals surface area contributed by atoms with Crippen molar-refractivity contribution in [3.8, 4) is 11.4 Å². The molecule has 0 bridgehead atoms. The second kappa shape index (κ2) is 6.12. The summed E-state index contributed by atoms with van der Waals surface area (Å²) in [5.74, 6) is 0. The molecule has 0 aliphatic heterocycles. The Morgan fingerprint density at radius 3 is 2.68 bits per heavy atom. The van der Waals surface area contributed by atoms with Crippen LogP contribution >= 0.6 is 0 Å². The minimum atomic E-state index is -1.02. The van der Waals surface area contributed by atoms with E-state index < -0.39 is 8.07 Å². The van der Waals surface area contributed by atoms with Crippen LogP contribution in [0.2, 0.25) is 25.7 Å². The highest BCUT2D eigenvalue weighted by molar-refractivity contribution is 6.76. The van der Waals surface area contributed by atoms with Crippen LogP contribution in [0.4, 0.5) is 0 Å². The molecule has 0 aliphatic carbocycles. The van der Waals surface area contributed by atoms with Crippen LogP contribution in [-0.2, 0) is 11.5 Å². The van der Waals surface area contributed by atoms with Crippen molar-refractivity contribution in [3.63, 3.8) is 0 Å². The fourth-order valence-electron chi connectivity index (χ4n) is 1.70. The van der Waals surface area contributed by atoms with E-state index in [0.717, 1.165) is 18.0 Å². The summed E-state index contributed by atoms with van der Waals surface area (Å²) >= 11 is 0. The lowest BCUT2D eigenvalue weighted by molar-refractivity contribution is 0.0797. The molecule has 102 valence electrons. The molecule has 0 amide bonds. The van der Waals surface area contributed by atoms with E-state index in [1.807, 2.05) is 28.9 Å². The second-order valence-corrected chi connectivity index (χ2v) is 11.4. The number of hydrogen-bond acceptors (Lipinski definition) is 3. The Hall–Kier alpha value is -1.46. The number of pyridine rings is 1. The molecule has 2 aromatic heterocycles. The van der Waals surface area contributed by atoms with E-state index in [2.05, 4.69) is 29.7 Å². The summed E-state index contributed by atoms with van der Waals surface area (Å²) in [4.78, 5) is 4.34. The van der Waals surface area contributed by atoms with Crippen molar-refractivity contribution < 1.29 is 4.74 Å². The lowest BCUT2D eigenvalue weighted by Crippen LogP contribution is -2.22. The van der Waals surface area contributed by atoms with Gasteiger partial charge in [-0.3, -0.25) is 4.98 Å². The third kappa shape index (κ3) is 4.29. The number of rotatable bonds is 6. The molecule has 0 aliphatic rings. The van der Waals surface area contributed by atoms with Crippen LogP contribution in [0.5, 0.6) is 0 Å². The highest BCUT2D eigenvalue weighted by Gasteiger charge is 2.12. The topological polar surface area (TPSA) is 39.9 Å². The van der Waals surface area contributed by atoms with Crippen molar-refractivity contribution in [1.29, 1.82) is 0 Å². The van der Waals surface area contributed by atoms with Gasteiger partial charge in [0.15, 0.2) is 0 Å². The normalized spacial score (nSPS) is 11.7.